The summed E-state index contributed by atoms with van der Waals surface area (Å²) in [5.74, 6) is -2.27. The van der Waals surface area contributed by atoms with Gasteiger partial charge >= 0.3 is 11.8 Å². The van der Waals surface area contributed by atoms with Crippen molar-refractivity contribution in [1.29, 1.82) is 0 Å². The van der Waals surface area contributed by atoms with Crippen LogP contribution in [0.1, 0.15) is 41.5 Å². The van der Waals surface area contributed by atoms with Crippen molar-refractivity contribution >= 4 is 11.8 Å². The molecule has 11 heteroatoms. The minimum absolute atomic E-state index is 0.119. The number of amides is 2. The highest BCUT2D eigenvalue weighted by atomic mass is 16.6. The number of nitrogens with zero attached hydrogens (tertiary/aromatic N) is 6. The Morgan fingerprint density at radius 2 is 1.24 bits per heavy atom. The molecule has 0 aliphatic heterocycles. The van der Waals surface area contributed by atoms with E-state index in [1.54, 1.807) is 41.5 Å². The van der Waals surface area contributed by atoms with E-state index >= 15 is 0 Å². The van der Waals surface area contributed by atoms with Gasteiger partial charge in [0.25, 0.3) is 0 Å². The van der Waals surface area contributed by atoms with E-state index in [9.17, 15) is 20.0 Å². The monoisotopic (exact) mass is 360 g/mol. The van der Waals surface area contributed by atoms with Gasteiger partial charge in [0.1, 0.15) is 0 Å². The molecule has 0 bridgehead atoms. The summed E-state index contributed by atoms with van der Waals surface area (Å²) in [6.07, 6.45) is -1.76. The predicted molar refractivity (Wildman–Crippen MR) is 88.0 cm³/mol. The van der Waals surface area contributed by atoms with Gasteiger partial charge in [-0.3, -0.25) is 9.59 Å². The quantitative estimate of drug-likeness (QED) is 0.262. The fourth-order valence-electron chi connectivity index (χ4n) is 2.06. The van der Waals surface area contributed by atoms with Gasteiger partial charge in [0.15, 0.2) is 0 Å². The standard InChI is InChI=1S/C14H28N6O5/c1-8-17(10(3)4)19(23)15-13(21)12(25-7)14(22)16-20(24)18(9-2)11(5)6/h10-12H,8-9H2,1-7H3. The topological polar surface area (TPSA) is 127 Å². The minimum atomic E-state index is -1.76. The first kappa shape index (κ1) is 22.7. The number of ether oxygens (including phenoxy) is 1. The zero-order chi connectivity index (χ0) is 19.7. The number of carbonyl (C=O) groups excluding carboxylic acids is 2. The van der Waals surface area contributed by atoms with Gasteiger partial charge in [-0.1, -0.05) is 0 Å². The van der Waals surface area contributed by atoms with Gasteiger partial charge in [0.05, 0.1) is 35.4 Å². The van der Waals surface area contributed by atoms with Gasteiger partial charge in [-0.25, -0.2) is 0 Å². The Bertz CT molecular complexity index is 476. The highest BCUT2D eigenvalue weighted by molar-refractivity contribution is 6.03. The zero-order valence-electron chi connectivity index (χ0n) is 15.9. The number of hydrogen-bond acceptors (Lipinski definition) is 5. The molecule has 0 spiro atoms. The molecule has 0 radical (unpaired) electrons. The first-order chi connectivity index (χ1) is 11.6. The smallest absolute Gasteiger partial charge is 0.351 e. The Morgan fingerprint density at radius 1 is 0.920 bits per heavy atom. The third-order valence-corrected chi connectivity index (χ3v) is 3.33. The Hall–Kier alpha value is -2.30. The van der Waals surface area contributed by atoms with E-state index < -0.39 is 17.9 Å². The van der Waals surface area contributed by atoms with Crippen LogP contribution in [0.5, 0.6) is 0 Å². The van der Waals surface area contributed by atoms with Gasteiger partial charge in [-0.05, 0) is 41.5 Å². The number of methoxy groups -OCH3 is 1. The highest BCUT2D eigenvalue weighted by Crippen LogP contribution is 2.04. The molecule has 0 unspecified atom stereocenters. The average Bonchev–Trinajstić information content (AvgIpc) is 2.47. The average molecular weight is 360 g/mol. The van der Waals surface area contributed by atoms with Gasteiger partial charge in [-0.15, -0.1) is 10.0 Å². The third-order valence-electron chi connectivity index (χ3n) is 3.33. The molecule has 0 aromatic carbocycles. The summed E-state index contributed by atoms with van der Waals surface area (Å²) in [5, 5.41) is 32.9. The summed E-state index contributed by atoms with van der Waals surface area (Å²) in [4.78, 5) is 24.3. The van der Waals surface area contributed by atoms with E-state index in [1.165, 1.54) is 10.0 Å². The van der Waals surface area contributed by atoms with Crippen molar-refractivity contribution in [1.82, 2.24) is 10.0 Å². The van der Waals surface area contributed by atoms with Crippen LogP contribution in [0.4, 0.5) is 0 Å². The van der Waals surface area contributed by atoms with Crippen LogP contribution in [0.15, 0.2) is 10.2 Å². The van der Waals surface area contributed by atoms with Crippen molar-refractivity contribution in [2.24, 2.45) is 10.2 Å². The third kappa shape index (κ3) is 6.61. The number of rotatable bonds is 9. The van der Waals surface area contributed by atoms with E-state index in [0.717, 1.165) is 7.11 Å². The summed E-state index contributed by atoms with van der Waals surface area (Å²) in [5.41, 5.74) is 0. The lowest BCUT2D eigenvalue weighted by molar-refractivity contribution is -0.696. The SMILES string of the molecule is CCN(C(C)C)[N+]([O-])=NC(=O)C(OC)C(=O)N=[N+]([O-])N(CC)C(C)C. The van der Waals surface area contributed by atoms with Crippen LogP contribution >= 0.6 is 0 Å². The van der Waals surface area contributed by atoms with E-state index in [1.807, 2.05) is 0 Å². The van der Waals surface area contributed by atoms with Crippen LogP contribution in [0, 0.1) is 10.4 Å². The summed E-state index contributed by atoms with van der Waals surface area (Å²) < 4.78 is 4.77. The van der Waals surface area contributed by atoms with Crippen molar-refractivity contribution in [3.05, 3.63) is 10.4 Å². The van der Waals surface area contributed by atoms with E-state index in [2.05, 4.69) is 10.2 Å². The molecule has 0 rings (SSSR count). The number of hydrogen-bond donors (Lipinski definition) is 0. The van der Waals surface area contributed by atoms with Crippen LogP contribution in [0.25, 0.3) is 0 Å². The zero-order valence-corrected chi connectivity index (χ0v) is 15.9. The van der Waals surface area contributed by atoms with Gasteiger partial charge in [0.2, 0.25) is 6.10 Å². The second-order valence-electron chi connectivity index (χ2n) is 5.70. The first-order valence-corrected chi connectivity index (χ1v) is 8.11. The molecule has 0 saturated heterocycles. The van der Waals surface area contributed by atoms with E-state index in [0.29, 0.717) is 13.1 Å². The summed E-state index contributed by atoms with van der Waals surface area (Å²) in [6.45, 7) is 11.1. The van der Waals surface area contributed by atoms with Crippen molar-refractivity contribution in [3.8, 4) is 0 Å². The Labute approximate surface area is 147 Å². The van der Waals surface area contributed by atoms with E-state index in [4.69, 9.17) is 4.74 Å². The maximum Gasteiger partial charge on any atom is 0.351 e. The molecule has 0 aliphatic rings. The van der Waals surface area contributed by atoms with Gasteiger partial charge in [0, 0.05) is 17.0 Å². The lowest BCUT2D eigenvalue weighted by atomic mass is 10.3. The molecule has 0 aliphatic carbocycles. The molecule has 0 aromatic heterocycles. The summed E-state index contributed by atoms with van der Waals surface area (Å²) in [6, 6.07) is -0.386. The molecule has 0 saturated carbocycles. The van der Waals surface area contributed by atoms with Gasteiger partial charge in [-0.2, -0.15) is 0 Å². The predicted octanol–water partition coefficient (Wildman–Crippen LogP) is 1.27. The molecular weight excluding hydrogens is 332 g/mol. The van der Waals surface area contributed by atoms with Crippen molar-refractivity contribution in [3.63, 3.8) is 0 Å². The van der Waals surface area contributed by atoms with E-state index in [-0.39, 0.29) is 22.0 Å². The maximum absolute atomic E-state index is 12.0. The van der Waals surface area contributed by atoms with Gasteiger partial charge < -0.3 is 15.2 Å². The lowest BCUT2D eigenvalue weighted by Gasteiger charge is -2.21. The van der Waals surface area contributed by atoms with Crippen LogP contribution in [-0.2, 0) is 14.3 Å². The molecule has 11 nitrogen and oxygen atoms in total. The molecule has 2 amide bonds. The van der Waals surface area contributed by atoms with Crippen molar-refractivity contribution in [2.75, 3.05) is 20.2 Å². The lowest BCUT2D eigenvalue weighted by Crippen LogP contribution is -2.40. The molecule has 0 N–H and O–H groups in total. The maximum atomic E-state index is 12.0. The Balaban J connectivity index is 5.38. The minimum Gasteiger partial charge on any atom is -0.571 e. The van der Waals surface area contributed by atoms with Crippen molar-refractivity contribution < 1.29 is 24.3 Å². The Morgan fingerprint density at radius 3 is 1.44 bits per heavy atom. The normalized spacial score (nSPS) is 14.0. The summed E-state index contributed by atoms with van der Waals surface area (Å²) >= 11 is 0. The van der Waals surface area contributed by atoms with Crippen LogP contribution in [-0.4, -0.2) is 70.2 Å². The number of carbonyl (C=O) groups is 2. The molecule has 0 atom stereocenters. The van der Waals surface area contributed by atoms with Crippen LogP contribution in [0.3, 0.4) is 0 Å². The molecule has 144 valence electrons. The molecular formula is C14H28N6O5. The molecule has 0 aromatic rings. The summed E-state index contributed by atoms with van der Waals surface area (Å²) in [7, 11) is 1.09. The van der Waals surface area contributed by atoms with Crippen LogP contribution < -0.4 is 0 Å². The second kappa shape index (κ2) is 10.5. The highest BCUT2D eigenvalue weighted by Gasteiger charge is 2.33. The fraction of sp³-hybridized carbons (Fsp3) is 0.857. The largest absolute Gasteiger partial charge is 0.571 e. The first-order valence-electron chi connectivity index (χ1n) is 8.11. The molecule has 0 fully saturated rings. The second-order valence-corrected chi connectivity index (χ2v) is 5.70. The molecule has 0 heterocycles. The fourth-order valence-corrected chi connectivity index (χ4v) is 2.06. The Kier molecular flexibility index (Phi) is 9.57. The van der Waals surface area contributed by atoms with Crippen molar-refractivity contribution in [2.45, 2.75) is 59.7 Å². The molecule has 25 heavy (non-hydrogen) atoms. The number of hydrazine groups is 2. The van der Waals surface area contributed by atoms with Crippen LogP contribution in [0.2, 0.25) is 0 Å².